The maximum Gasteiger partial charge on any atom is 0.101 e. The first-order valence-corrected chi connectivity index (χ1v) is 9.24. The van der Waals surface area contributed by atoms with Gasteiger partial charge in [0.1, 0.15) is 5.82 Å². The summed E-state index contributed by atoms with van der Waals surface area (Å²) in [5, 5.41) is 6.64. The van der Waals surface area contributed by atoms with Crippen LogP contribution in [0.5, 0.6) is 0 Å². The molecule has 4 nitrogen and oxygen atoms in total. The van der Waals surface area contributed by atoms with E-state index in [2.05, 4.69) is 24.1 Å². The first kappa shape index (κ1) is 18.6. The van der Waals surface area contributed by atoms with Gasteiger partial charge in [0.15, 0.2) is 0 Å². The van der Waals surface area contributed by atoms with Crippen LogP contribution in [0.3, 0.4) is 0 Å². The Morgan fingerprint density at radius 1 is 1.04 bits per heavy atom. The van der Waals surface area contributed by atoms with Crippen molar-refractivity contribution in [3.63, 3.8) is 0 Å². The van der Waals surface area contributed by atoms with Gasteiger partial charge in [-0.15, -0.1) is 0 Å². The second-order valence-electron chi connectivity index (χ2n) is 7.46. The van der Waals surface area contributed by atoms with Crippen LogP contribution in [0.4, 0.5) is 5.69 Å². The molecular weight excluding hydrogens is 332 g/mol. The fourth-order valence-corrected chi connectivity index (χ4v) is 2.71. The van der Waals surface area contributed by atoms with Crippen LogP contribution in [-0.2, 0) is 0 Å². The summed E-state index contributed by atoms with van der Waals surface area (Å²) < 4.78 is 0. The number of rotatable bonds is 8. The lowest BCUT2D eigenvalue weighted by Gasteiger charge is -2.15. The number of allylic oxidation sites excluding steroid dienone is 2. The zero-order valence-electron chi connectivity index (χ0n) is 15.8. The molecule has 0 atom stereocenters. The molecule has 2 aromatic rings. The van der Waals surface area contributed by atoms with Gasteiger partial charge >= 0.3 is 0 Å². The van der Waals surface area contributed by atoms with E-state index in [1.165, 1.54) is 12.8 Å². The van der Waals surface area contributed by atoms with E-state index in [0.29, 0.717) is 16.9 Å². The van der Waals surface area contributed by atoms with Gasteiger partial charge < -0.3 is 22.1 Å². The molecule has 2 aromatic carbocycles. The summed E-state index contributed by atoms with van der Waals surface area (Å²) >= 11 is 0. The first-order chi connectivity index (χ1) is 13.0. The van der Waals surface area contributed by atoms with Gasteiger partial charge in [-0.05, 0) is 53.7 Å². The van der Waals surface area contributed by atoms with E-state index in [9.17, 15) is 0 Å². The van der Waals surface area contributed by atoms with Crippen molar-refractivity contribution in [3.8, 4) is 0 Å². The monoisotopic (exact) mass is 360 g/mol. The number of anilines is 1. The summed E-state index contributed by atoms with van der Waals surface area (Å²) in [5.41, 5.74) is 17.2. The minimum absolute atomic E-state index is 0.441. The molecule has 6 N–H and O–H groups in total. The molecule has 3 rings (SSSR count). The summed E-state index contributed by atoms with van der Waals surface area (Å²) in [6, 6.07) is 17.9. The molecule has 27 heavy (non-hydrogen) atoms. The van der Waals surface area contributed by atoms with Crippen molar-refractivity contribution in [2.45, 2.75) is 19.8 Å². The van der Waals surface area contributed by atoms with Gasteiger partial charge in [0.25, 0.3) is 0 Å². The maximum absolute atomic E-state index is 6.09. The van der Waals surface area contributed by atoms with Crippen LogP contribution >= 0.6 is 0 Å². The van der Waals surface area contributed by atoms with E-state index in [4.69, 9.17) is 11.5 Å². The minimum atomic E-state index is 0.441. The van der Waals surface area contributed by atoms with Crippen LogP contribution in [0.2, 0.25) is 0 Å². The number of benzene rings is 2. The third-order valence-electron chi connectivity index (χ3n) is 4.88. The Balaban J connectivity index is 1.62. The lowest BCUT2D eigenvalue weighted by Crippen LogP contribution is -2.20. The Morgan fingerprint density at radius 2 is 1.74 bits per heavy atom. The van der Waals surface area contributed by atoms with Gasteiger partial charge in [-0.3, -0.25) is 0 Å². The zero-order valence-corrected chi connectivity index (χ0v) is 15.8. The number of nitrogens with two attached hydrogens (primary N) is 2. The minimum Gasteiger partial charge on any atom is -0.398 e. The number of nitrogens with one attached hydrogen (secondary N) is 2. The van der Waals surface area contributed by atoms with E-state index >= 15 is 0 Å². The summed E-state index contributed by atoms with van der Waals surface area (Å²) in [7, 11) is 0. The molecule has 140 valence electrons. The van der Waals surface area contributed by atoms with Crippen LogP contribution in [0, 0.1) is 5.41 Å². The molecule has 1 fully saturated rings. The van der Waals surface area contributed by atoms with Crippen molar-refractivity contribution in [1.29, 1.82) is 0 Å². The lowest BCUT2D eigenvalue weighted by molar-refractivity contribution is 0.550. The predicted octanol–water partition coefficient (Wildman–Crippen LogP) is 4.26. The molecule has 0 radical (unpaired) electrons. The molecule has 1 aliphatic carbocycles. The van der Waals surface area contributed by atoms with E-state index in [0.717, 1.165) is 29.1 Å². The predicted molar refractivity (Wildman–Crippen MR) is 115 cm³/mol. The molecule has 0 unspecified atom stereocenters. The van der Waals surface area contributed by atoms with Crippen molar-refractivity contribution in [2.75, 3.05) is 11.9 Å². The molecule has 0 saturated heterocycles. The Hall–Kier alpha value is -3.14. The van der Waals surface area contributed by atoms with Crippen LogP contribution in [-0.4, -0.2) is 6.54 Å². The zero-order chi connectivity index (χ0) is 19.3. The van der Waals surface area contributed by atoms with Gasteiger partial charge in [-0.1, -0.05) is 56.0 Å². The average molecular weight is 361 g/mol. The molecule has 0 aromatic heterocycles. The van der Waals surface area contributed by atoms with Gasteiger partial charge in [-0.25, -0.2) is 0 Å². The fraction of sp³-hybridized carbons (Fsp3) is 0.217. The molecule has 0 spiro atoms. The second-order valence-corrected chi connectivity index (χ2v) is 7.46. The Labute approximate surface area is 161 Å². The van der Waals surface area contributed by atoms with E-state index < -0.39 is 0 Å². The SMILES string of the molecule is C=C(NCC1(C)CC1)c1cccc(N/C(N)=C/C=C(\N)c2ccccc2)c1. The van der Waals surface area contributed by atoms with Crippen LogP contribution in [0.15, 0.2) is 79.1 Å². The summed E-state index contributed by atoms with van der Waals surface area (Å²) in [5.74, 6) is 0.523. The van der Waals surface area contributed by atoms with Crippen molar-refractivity contribution >= 4 is 17.1 Å². The van der Waals surface area contributed by atoms with Crippen molar-refractivity contribution in [3.05, 3.63) is 90.3 Å². The lowest BCUT2D eigenvalue weighted by atomic mass is 10.1. The van der Waals surface area contributed by atoms with Crippen LogP contribution < -0.4 is 22.1 Å². The van der Waals surface area contributed by atoms with Crippen molar-refractivity contribution in [2.24, 2.45) is 16.9 Å². The molecular formula is C23H28N4. The third kappa shape index (κ3) is 5.42. The van der Waals surface area contributed by atoms with Crippen LogP contribution in [0.1, 0.15) is 30.9 Å². The average Bonchev–Trinajstić information content (AvgIpc) is 3.43. The smallest absolute Gasteiger partial charge is 0.101 e. The molecule has 1 aliphatic rings. The molecule has 1 saturated carbocycles. The summed E-state index contributed by atoms with van der Waals surface area (Å²) in [6.07, 6.45) is 6.15. The van der Waals surface area contributed by atoms with Gasteiger partial charge in [0.05, 0.1) is 0 Å². The fourth-order valence-electron chi connectivity index (χ4n) is 2.71. The third-order valence-corrected chi connectivity index (χ3v) is 4.88. The Morgan fingerprint density at radius 3 is 2.44 bits per heavy atom. The maximum atomic E-state index is 6.09. The highest BCUT2D eigenvalue weighted by Gasteiger charge is 2.36. The van der Waals surface area contributed by atoms with Gasteiger partial charge in [0.2, 0.25) is 0 Å². The first-order valence-electron chi connectivity index (χ1n) is 9.24. The van der Waals surface area contributed by atoms with E-state index in [-0.39, 0.29) is 0 Å². The highest BCUT2D eigenvalue weighted by Crippen LogP contribution is 2.44. The molecule has 0 amide bonds. The van der Waals surface area contributed by atoms with E-state index in [1.807, 2.05) is 54.6 Å². The van der Waals surface area contributed by atoms with E-state index in [1.54, 1.807) is 12.2 Å². The molecule has 0 heterocycles. The highest BCUT2D eigenvalue weighted by molar-refractivity contribution is 5.67. The summed E-state index contributed by atoms with van der Waals surface area (Å²) in [4.78, 5) is 0. The molecule has 0 aliphatic heterocycles. The summed E-state index contributed by atoms with van der Waals surface area (Å²) in [6.45, 7) is 7.42. The van der Waals surface area contributed by atoms with Gasteiger partial charge in [0, 0.05) is 23.6 Å². The molecule has 4 heteroatoms. The highest BCUT2D eigenvalue weighted by atomic mass is 15.0. The largest absolute Gasteiger partial charge is 0.398 e. The normalized spacial score (nSPS) is 15.9. The quantitative estimate of drug-likeness (QED) is 0.531. The standard InChI is InChI=1S/C23H28N4/c1-17(26-16-23(2)13-14-23)19-9-6-10-20(15-19)27-22(25)12-11-21(24)18-7-4-3-5-8-18/h3-12,15,26-27H,1,13-14,16,24-25H2,2H3/b21-11-,22-12+. The van der Waals surface area contributed by atoms with Gasteiger partial charge in [-0.2, -0.15) is 0 Å². The Bertz CT molecular complexity index is 861. The van der Waals surface area contributed by atoms with Crippen molar-refractivity contribution < 1.29 is 0 Å². The Kier molecular flexibility index (Phi) is 5.55. The second kappa shape index (κ2) is 8.04. The topological polar surface area (TPSA) is 76.1 Å². The van der Waals surface area contributed by atoms with Crippen molar-refractivity contribution in [1.82, 2.24) is 5.32 Å². The molecule has 0 bridgehead atoms. The number of hydrogen-bond acceptors (Lipinski definition) is 4. The van der Waals surface area contributed by atoms with Crippen LogP contribution in [0.25, 0.3) is 11.4 Å². The number of hydrogen-bond donors (Lipinski definition) is 4.